The van der Waals surface area contributed by atoms with Crippen LogP contribution in [-0.4, -0.2) is 26.8 Å². The third-order valence-electron chi connectivity index (χ3n) is 3.67. The van der Waals surface area contributed by atoms with Gasteiger partial charge in [0, 0.05) is 12.1 Å². The Morgan fingerprint density at radius 3 is 2.36 bits per heavy atom. The molecule has 0 saturated heterocycles. The molecule has 0 aliphatic carbocycles. The molecule has 0 aliphatic rings. The number of nitrogens with zero attached hydrogens (tertiary/aromatic N) is 1. The smallest absolute Gasteiger partial charge is 0.336 e. The van der Waals surface area contributed by atoms with Crippen LogP contribution in [0.2, 0.25) is 0 Å². The molecule has 0 spiro atoms. The van der Waals surface area contributed by atoms with Crippen molar-refractivity contribution in [2.24, 2.45) is 5.92 Å². The van der Waals surface area contributed by atoms with Crippen LogP contribution < -0.4 is 18.9 Å². The molecule has 0 N–H and O–H groups in total. The summed E-state index contributed by atoms with van der Waals surface area (Å²) in [5, 5.41) is 8.92. The van der Waals surface area contributed by atoms with Crippen molar-refractivity contribution < 1.29 is 23.7 Å². The van der Waals surface area contributed by atoms with E-state index >= 15 is 0 Å². The minimum Gasteiger partial charge on any atom is -0.493 e. The maximum atomic E-state index is 12.1. The highest BCUT2D eigenvalue weighted by Gasteiger charge is 2.10. The predicted octanol–water partition coefficient (Wildman–Crippen LogP) is 4.23. The Bertz CT molecular complexity index is 896. The normalized spacial score (nSPS) is 10.6. The van der Waals surface area contributed by atoms with E-state index in [-0.39, 0.29) is 5.75 Å². The van der Waals surface area contributed by atoms with Crippen LogP contribution >= 0.6 is 0 Å². The SMILES string of the molecule is COc1cc(/C=C/C(=O)Oc2ccc(C#N)cc2OC)ccc1OCC(C)C. The van der Waals surface area contributed by atoms with E-state index in [1.807, 2.05) is 12.1 Å². The fourth-order valence-corrected chi connectivity index (χ4v) is 2.29. The number of hydrogen-bond donors (Lipinski definition) is 0. The predicted molar refractivity (Wildman–Crippen MR) is 106 cm³/mol. The van der Waals surface area contributed by atoms with Crippen LogP contribution in [0.15, 0.2) is 42.5 Å². The van der Waals surface area contributed by atoms with Crippen molar-refractivity contribution in [2.75, 3.05) is 20.8 Å². The van der Waals surface area contributed by atoms with Gasteiger partial charge in [-0.05, 0) is 41.8 Å². The molecule has 0 aromatic heterocycles. The van der Waals surface area contributed by atoms with E-state index in [9.17, 15) is 4.79 Å². The maximum absolute atomic E-state index is 12.1. The van der Waals surface area contributed by atoms with Gasteiger partial charge in [0.25, 0.3) is 0 Å². The van der Waals surface area contributed by atoms with Crippen LogP contribution in [0.1, 0.15) is 25.0 Å². The topological polar surface area (TPSA) is 77.8 Å². The lowest BCUT2D eigenvalue weighted by molar-refractivity contribution is -0.129. The largest absolute Gasteiger partial charge is 0.493 e. The first kappa shape index (κ1) is 20.8. The minimum absolute atomic E-state index is 0.242. The average Bonchev–Trinajstić information content (AvgIpc) is 2.71. The molecule has 0 atom stereocenters. The molecule has 0 saturated carbocycles. The summed E-state index contributed by atoms with van der Waals surface area (Å²) in [6.45, 7) is 4.72. The van der Waals surface area contributed by atoms with Gasteiger partial charge in [-0.25, -0.2) is 4.79 Å². The molecule has 0 fully saturated rings. The van der Waals surface area contributed by atoms with E-state index < -0.39 is 5.97 Å². The molecule has 0 bridgehead atoms. The van der Waals surface area contributed by atoms with E-state index in [0.29, 0.717) is 35.3 Å². The molecule has 146 valence electrons. The molecule has 28 heavy (non-hydrogen) atoms. The van der Waals surface area contributed by atoms with Gasteiger partial charge in [-0.15, -0.1) is 0 Å². The van der Waals surface area contributed by atoms with E-state index in [1.54, 1.807) is 31.4 Å². The molecule has 2 aromatic rings. The highest BCUT2D eigenvalue weighted by Crippen LogP contribution is 2.30. The third kappa shape index (κ3) is 5.78. The average molecular weight is 381 g/mol. The van der Waals surface area contributed by atoms with Crippen LogP contribution in [0.4, 0.5) is 0 Å². The Kier molecular flexibility index (Phi) is 7.46. The lowest BCUT2D eigenvalue weighted by Crippen LogP contribution is -2.06. The molecule has 0 amide bonds. The summed E-state index contributed by atoms with van der Waals surface area (Å²) in [6.07, 6.45) is 2.92. The van der Waals surface area contributed by atoms with Gasteiger partial charge in [0.1, 0.15) is 0 Å². The standard InChI is InChI=1S/C22H23NO5/c1-15(2)14-27-18-8-5-16(11-20(18)25-3)7-10-22(24)28-19-9-6-17(13-23)12-21(19)26-4/h5-12,15H,14H2,1-4H3/b10-7+. The minimum atomic E-state index is -0.567. The number of esters is 1. The highest BCUT2D eigenvalue weighted by atomic mass is 16.6. The van der Waals surface area contributed by atoms with E-state index in [4.69, 9.17) is 24.2 Å². The van der Waals surface area contributed by atoms with Crippen molar-refractivity contribution >= 4 is 12.0 Å². The van der Waals surface area contributed by atoms with Crippen LogP contribution in [-0.2, 0) is 4.79 Å². The number of nitriles is 1. The van der Waals surface area contributed by atoms with Gasteiger partial charge in [-0.2, -0.15) is 5.26 Å². The summed E-state index contributed by atoms with van der Waals surface area (Å²) in [7, 11) is 3.01. The van der Waals surface area contributed by atoms with Crippen molar-refractivity contribution in [1.29, 1.82) is 5.26 Å². The summed E-state index contributed by atoms with van der Waals surface area (Å²) in [5.74, 6) is 1.63. The number of ether oxygens (including phenoxy) is 4. The summed E-state index contributed by atoms with van der Waals surface area (Å²) >= 11 is 0. The summed E-state index contributed by atoms with van der Waals surface area (Å²) < 4.78 is 21.5. The number of rotatable bonds is 8. The van der Waals surface area contributed by atoms with Crippen LogP contribution in [0.3, 0.4) is 0 Å². The quantitative estimate of drug-likeness (QED) is 0.387. The Hall–Kier alpha value is -3.46. The number of carbonyl (C=O) groups is 1. The summed E-state index contributed by atoms with van der Waals surface area (Å²) in [5.41, 5.74) is 1.18. The number of methoxy groups -OCH3 is 2. The lowest BCUT2D eigenvalue weighted by Gasteiger charge is -2.12. The molecule has 0 aliphatic heterocycles. The monoisotopic (exact) mass is 381 g/mol. The fourth-order valence-electron chi connectivity index (χ4n) is 2.29. The molecule has 0 radical (unpaired) electrons. The zero-order chi connectivity index (χ0) is 20.5. The molecule has 6 heteroatoms. The highest BCUT2D eigenvalue weighted by molar-refractivity contribution is 5.89. The third-order valence-corrected chi connectivity index (χ3v) is 3.67. The van der Waals surface area contributed by atoms with Crippen molar-refractivity contribution in [3.63, 3.8) is 0 Å². The van der Waals surface area contributed by atoms with Gasteiger partial charge >= 0.3 is 5.97 Å². The number of benzene rings is 2. The second kappa shape index (κ2) is 10.0. The first-order valence-electron chi connectivity index (χ1n) is 8.75. The Morgan fingerprint density at radius 1 is 1.04 bits per heavy atom. The fraction of sp³-hybridized carbons (Fsp3) is 0.273. The van der Waals surface area contributed by atoms with Gasteiger partial charge in [0.05, 0.1) is 32.5 Å². The summed E-state index contributed by atoms with van der Waals surface area (Å²) in [6, 6.07) is 12.0. The second-order valence-corrected chi connectivity index (χ2v) is 6.35. The van der Waals surface area contributed by atoms with Gasteiger partial charge in [0.15, 0.2) is 23.0 Å². The van der Waals surface area contributed by atoms with Gasteiger partial charge in [-0.3, -0.25) is 0 Å². The first-order valence-corrected chi connectivity index (χ1v) is 8.75. The molecule has 2 rings (SSSR count). The molecular formula is C22H23NO5. The molecule has 0 heterocycles. The van der Waals surface area contributed by atoms with Gasteiger partial charge < -0.3 is 18.9 Å². The van der Waals surface area contributed by atoms with Gasteiger partial charge in [0.2, 0.25) is 0 Å². The van der Waals surface area contributed by atoms with Gasteiger partial charge in [-0.1, -0.05) is 19.9 Å². The van der Waals surface area contributed by atoms with Crippen molar-refractivity contribution in [2.45, 2.75) is 13.8 Å². The Labute approximate surface area is 164 Å². The number of hydrogen-bond acceptors (Lipinski definition) is 6. The van der Waals surface area contributed by atoms with Crippen LogP contribution in [0.5, 0.6) is 23.0 Å². The second-order valence-electron chi connectivity index (χ2n) is 6.35. The molecule has 0 unspecified atom stereocenters. The Balaban J connectivity index is 2.09. The van der Waals surface area contributed by atoms with Crippen molar-refractivity contribution in [3.05, 3.63) is 53.6 Å². The maximum Gasteiger partial charge on any atom is 0.336 e. The zero-order valence-corrected chi connectivity index (χ0v) is 16.4. The van der Waals surface area contributed by atoms with Crippen molar-refractivity contribution in [3.8, 4) is 29.1 Å². The molecule has 6 nitrogen and oxygen atoms in total. The Morgan fingerprint density at radius 2 is 1.71 bits per heavy atom. The summed E-state index contributed by atoms with van der Waals surface area (Å²) in [4.78, 5) is 12.1. The van der Waals surface area contributed by atoms with E-state index in [0.717, 1.165) is 5.56 Å². The number of carbonyl (C=O) groups excluding carboxylic acids is 1. The first-order chi connectivity index (χ1) is 13.5. The van der Waals surface area contributed by atoms with Crippen LogP contribution in [0.25, 0.3) is 6.08 Å². The molecular weight excluding hydrogens is 358 g/mol. The van der Waals surface area contributed by atoms with Crippen LogP contribution in [0, 0.1) is 17.2 Å². The van der Waals surface area contributed by atoms with Crippen molar-refractivity contribution in [1.82, 2.24) is 0 Å². The lowest BCUT2D eigenvalue weighted by atomic mass is 10.2. The zero-order valence-electron chi connectivity index (χ0n) is 16.4. The molecule has 2 aromatic carbocycles. The van der Waals surface area contributed by atoms with E-state index in [2.05, 4.69) is 13.8 Å². The van der Waals surface area contributed by atoms with E-state index in [1.165, 1.54) is 25.3 Å².